The minimum Gasteiger partial charge on any atom is -0.465 e. The molecule has 2 aromatic carbocycles. The van der Waals surface area contributed by atoms with E-state index in [0.29, 0.717) is 24.9 Å². The molecule has 1 amide bonds. The second-order valence-corrected chi connectivity index (χ2v) is 9.63. The fraction of sp³-hybridized carbons (Fsp3) is 0.500. The summed E-state index contributed by atoms with van der Waals surface area (Å²) in [5.41, 5.74) is 5.35. The van der Waals surface area contributed by atoms with Crippen molar-refractivity contribution in [1.29, 1.82) is 0 Å². The van der Waals surface area contributed by atoms with Crippen LogP contribution in [-0.4, -0.2) is 58.9 Å². The van der Waals surface area contributed by atoms with Crippen molar-refractivity contribution in [3.63, 3.8) is 0 Å². The number of aryl methyl sites for hydroxylation is 1. The van der Waals surface area contributed by atoms with Crippen LogP contribution < -0.4 is 0 Å². The van der Waals surface area contributed by atoms with E-state index < -0.39 is 6.35 Å². The average molecular weight is 465 g/mol. The molecule has 5 unspecified atom stereocenters. The average Bonchev–Trinajstić information content (AvgIpc) is 3.07. The molecule has 0 spiro atoms. The van der Waals surface area contributed by atoms with Gasteiger partial charge in [0, 0.05) is 12.6 Å². The molecule has 2 aliphatic heterocycles. The first-order valence-corrected chi connectivity index (χ1v) is 12.3. The summed E-state index contributed by atoms with van der Waals surface area (Å²) in [5.74, 6) is 0.184. The van der Waals surface area contributed by atoms with Gasteiger partial charge >= 0.3 is 5.97 Å². The predicted octanol–water partition coefficient (Wildman–Crippen LogP) is 4.08. The van der Waals surface area contributed by atoms with Crippen molar-refractivity contribution in [3.8, 4) is 0 Å². The van der Waals surface area contributed by atoms with Crippen molar-refractivity contribution < 1.29 is 19.4 Å². The quantitative estimate of drug-likeness (QED) is 0.653. The highest BCUT2D eigenvalue weighted by Crippen LogP contribution is 2.46. The minimum atomic E-state index is -0.840. The number of piperidine rings is 1. The summed E-state index contributed by atoms with van der Waals surface area (Å²) in [6, 6.07) is 13.8. The summed E-state index contributed by atoms with van der Waals surface area (Å²) in [4.78, 5) is 28.9. The lowest BCUT2D eigenvalue weighted by Gasteiger charge is -2.46. The number of esters is 1. The zero-order valence-electron chi connectivity index (χ0n) is 20.8. The van der Waals surface area contributed by atoms with E-state index in [1.54, 1.807) is 11.0 Å². The van der Waals surface area contributed by atoms with Gasteiger partial charge in [-0.25, -0.2) is 9.69 Å². The highest BCUT2D eigenvalue weighted by Gasteiger charge is 2.53. The van der Waals surface area contributed by atoms with Gasteiger partial charge < -0.3 is 14.7 Å². The Morgan fingerprint density at radius 2 is 1.91 bits per heavy atom. The van der Waals surface area contributed by atoms with Crippen LogP contribution in [0.5, 0.6) is 0 Å². The number of aliphatic hydroxyl groups is 1. The Labute approximate surface area is 202 Å². The number of amides is 1. The Morgan fingerprint density at radius 3 is 2.59 bits per heavy atom. The first-order valence-electron chi connectivity index (χ1n) is 12.3. The van der Waals surface area contributed by atoms with E-state index in [1.807, 2.05) is 30.0 Å². The van der Waals surface area contributed by atoms with Gasteiger partial charge in [0.1, 0.15) is 0 Å². The number of likely N-dealkylation sites (N-methyl/N-ethyl adjacent to an activating group) is 1. The molecule has 2 heterocycles. The number of rotatable bonds is 6. The number of fused-ring (bicyclic) bond motifs is 1. The Morgan fingerprint density at radius 1 is 1.18 bits per heavy atom. The topological polar surface area (TPSA) is 70.1 Å². The van der Waals surface area contributed by atoms with Gasteiger partial charge in [0.15, 0.2) is 6.35 Å². The second-order valence-electron chi connectivity index (χ2n) is 9.63. The van der Waals surface area contributed by atoms with E-state index >= 15 is 0 Å². The van der Waals surface area contributed by atoms with E-state index in [1.165, 1.54) is 23.8 Å². The van der Waals surface area contributed by atoms with E-state index in [-0.39, 0.29) is 35.8 Å². The number of carbonyl (C=O) groups excluding carboxylic acids is 2. The second kappa shape index (κ2) is 9.88. The number of carbonyl (C=O) groups is 2. The summed E-state index contributed by atoms with van der Waals surface area (Å²) >= 11 is 0. The van der Waals surface area contributed by atoms with E-state index in [9.17, 15) is 14.7 Å². The molecule has 2 aliphatic rings. The van der Waals surface area contributed by atoms with Gasteiger partial charge in [0.2, 0.25) is 5.91 Å². The Hall–Kier alpha value is -2.70. The van der Waals surface area contributed by atoms with Crippen molar-refractivity contribution in [2.24, 2.45) is 5.92 Å². The van der Waals surface area contributed by atoms with Crippen molar-refractivity contribution >= 4 is 11.9 Å². The monoisotopic (exact) mass is 464 g/mol. The lowest BCUT2D eigenvalue weighted by atomic mass is 9.71. The normalized spacial score (nSPS) is 27.1. The van der Waals surface area contributed by atoms with E-state index in [2.05, 4.69) is 39.0 Å². The minimum absolute atomic E-state index is 0.0336. The van der Waals surface area contributed by atoms with Crippen LogP contribution in [0.4, 0.5) is 0 Å². The lowest BCUT2D eigenvalue weighted by Crippen LogP contribution is -2.54. The van der Waals surface area contributed by atoms with E-state index in [4.69, 9.17) is 4.74 Å². The number of ether oxygens (including phenoxy) is 1. The SMILES string of the molecule is CCC1C(C)C(c2c(C)cccc2Cc2cccc(C(=O)OC)c2)CC2C(=O)N(CC)C(O)N21. The molecule has 5 atom stereocenters. The summed E-state index contributed by atoms with van der Waals surface area (Å²) in [6.07, 6.45) is 1.43. The molecular formula is C28H36N2O4. The number of methoxy groups -OCH3 is 1. The molecule has 4 rings (SSSR count). The van der Waals surface area contributed by atoms with Crippen molar-refractivity contribution in [2.45, 2.75) is 71.3 Å². The first kappa shape index (κ1) is 24.4. The van der Waals surface area contributed by atoms with Crippen LogP contribution in [-0.2, 0) is 16.0 Å². The number of aliphatic hydroxyl groups excluding tert-OH is 1. The zero-order valence-corrected chi connectivity index (χ0v) is 20.8. The maximum absolute atomic E-state index is 13.2. The molecule has 6 heteroatoms. The Balaban J connectivity index is 1.71. The van der Waals surface area contributed by atoms with Gasteiger partial charge in [-0.15, -0.1) is 0 Å². The van der Waals surface area contributed by atoms with Gasteiger partial charge in [-0.1, -0.05) is 44.2 Å². The fourth-order valence-electron chi connectivity index (χ4n) is 6.23. The van der Waals surface area contributed by atoms with Crippen LogP contribution in [0.3, 0.4) is 0 Å². The molecule has 0 saturated carbocycles. The van der Waals surface area contributed by atoms with Gasteiger partial charge in [0.25, 0.3) is 0 Å². The van der Waals surface area contributed by atoms with Gasteiger partial charge in [-0.2, -0.15) is 0 Å². The third kappa shape index (κ3) is 4.14. The highest BCUT2D eigenvalue weighted by atomic mass is 16.5. The third-order valence-electron chi connectivity index (χ3n) is 7.86. The smallest absolute Gasteiger partial charge is 0.337 e. The molecule has 1 N–H and O–H groups in total. The molecule has 2 fully saturated rings. The highest BCUT2D eigenvalue weighted by molar-refractivity contribution is 5.89. The summed E-state index contributed by atoms with van der Waals surface area (Å²) < 4.78 is 4.89. The van der Waals surface area contributed by atoms with Crippen molar-refractivity contribution in [2.75, 3.05) is 13.7 Å². The van der Waals surface area contributed by atoms with Crippen LogP contribution in [0, 0.1) is 12.8 Å². The molecule has 6 nitrogen and oxygen atoms in total. The number of hydrogen-bond donors (Lipinski definition) is 1. The maximum atomic E-state index is 13.2. The summed E-state index contributed by atoms with van der Waals surface area (Å²) in [7, 11) is 1.40. The molecule has 182 valence electrons. The van der Waals surface area contributed by atoms with E-state index in [0.717, 1.165) is 12.0 Å². The molecule has 34 heavy (non-hydrogen) atoms. The molecule has 0 aromatic heterocycles. The molecule has 0 aliphatic carbocycles. The lowest BCUT2D eigenvalue weighted by molar-refractivity contribution is -0.135. The van der Waals surface area contributed by atoms with Crippen LogP contribution in [0.2, 0.25) is 0 Å². The largest absolute Gasteiger partial charge is 0.465 e. The number of hydrogen-bond acceptors (Lipinski definition) is 5. The van der Waals surface area contributed by atoms with Crippen LogP contribution >= 0.6 is 0 Å². The predicted molar refractivity (Wildman–Crippen MR) is 131 cm³/mol. The van der Waals surface area contributed by atoms with Crippen molar-refractivity contribution in [1.82, 2.24) is 9.80 Å². The zero-order chi connectivity index (χ0) is 24.6. The van der Waals surface area contributed by atoms with Crippen LogP contribution in [0.1, 0.15) is 72.1 Å². The summed E-state index contributed by atoms with van der Waals surface area (Å²) in [6.45, 7) is 8.98. The molecule has 0 radical (unpaired) electrons. The van der Waals surface area contributed by atoms with Gasteiger partial charge in [-0.3, -0.25) is 4.79 Å². The molecule has 0 bridgehead atoms. The molecular weight excluding hydrogens is 428 g/mol. The summed E-state index contributed by atoms with van der Waals surface area (Å²) in [5, 5.41) is 10.9. The van der Waals surface area contributed by atoms with Crippen molar-refractivity contribution in [3.05, 3.63) is 70.3 Å². The Bertz CT molecular complexity index is 1070. The maximum Gasteiger partial charge on any atom is 0.337 e. The molecule has 2 saturated heterocycles. The molecule has 2 aromatic rings. The van der Waals surface area contributed by atoms with Crippen LogP contribution in [0.15, 0.2) is 42.5 Å². The number of nitrogens with zero attached hydrogens (tertiary/aromatic N) is 2. The van der Waals surface area contributed by atoms with Gasteiger partial charge in [-0.05, 0) is 79.3 Å². The first-order chi connectivity index (χ1) is 16.3. The van der Waals surface area contributed by atoms with Crippen LogP contribution in [0.25, 0.3) is 0 Å². The Kier molecular flexibility index (Phi) is 7.10. The van der Waals surface area contributed by atoms with Gasteiger partial charge in [0.05, 0.1) is 18.7 Å². The standard InChI is InChI=1S/C28H36N2O4/c1-6-23-18(4)22(16-24-26(31)29(7-2)28(33)30(23)24)25-17(3)10-8-12-20(25)14-19-11-9-13-21(15-19)27(32)34-5/h8-13,15,18,22-24,28,33H,6-7,14,16H2,1-5H3. The number of benzene rings is 2. The fourth-order valence-corrected chi connectivity index (χ4v) is 6.23. The third-order valence-corrected chi connectivity index (χ3v) is 7.86.